The molecule has 0 saturated heterocycles. The number of methoxy groups -OCH3 is 1. The number of thiol groups is 1. The molecule has 0 saturated carbocycles. The largest absolute Gasteiger partial charge is 0.496 e. The Morgan fingerprint density at radius 2 is 2.17 bits per heavy atom. The number of hydrogen-bond donors (Lipinski definition) is 1. The molecule has 0 aliphatic heterocycles. The molecule has 1 aromatic heterocycles. The number of rotatable bonds is 2. The van der Waals surface area contributed by atoms with Gasteiger partial charge in [0.05, 0.1) is 12.8 Å². The number of aryl methyl sites for hydroxylation is 1. The van der Waals surface area contributed by atoms with E-state index in [4.69, 9.17) is 4.74 Å². The smallest absolute Gasteiger partial charge is 0.128 e. The van der Waals surface area contributed by atoms with Gasteiger partial charge in [0.2, 0.25) is 0 Å². The fraction of sp³-hybridized carbons (Fsp3) is 0.444. The molecule has 0 bridgehead atoms. The summed E-state index contributed by atoms with van der Waals surface area (Å²) >= 11 is 4.18. The molecule has 0 radical (unpaired) electrons. The van der Waals surface area contributed by atoms with Gasteiger partial charge >= 0.3 is 0 Å². The molecule has 0 spiro atoms. The molecule has 0 amide bonds. The summed E-state index contributed by atoms with van der Waals surface area (Å²) in [6.45, 7) is 3.99. The second-order valence-electron chi connectivity index (χ2n) is 2.70. The zero-order valence-corrected chi connectivity index (χ0v) is 8.48. The molecule has 1 heterocycles. The number of aromatic nitrogens is 1. The summed E-state index contributed by atoms with van der Waals surface area (Å²) in [6, 6.07) is 0. The maximum atomic E-state index is 5.24. The highest BCUT2D eigenvalue weighted by Gasteiger charge is 2.06. The van der Waals surface area contributed by atoms with E-state index in [0.717, 1.165) is 22.6 Å². The van der Waals surface area contributed by atoms with Crippen LogP contribution in [0, 0.1) is 13.8 Å². The summed E-state index contributed by atoms with van der Waals surface area (Å²) in [5.74, 6) is 1.58. The maximum absolute atomic E-state index is 5.24. The van der Waals surface area contributed by atoms with Crippen molar-refractivity contribution in [2.24, 2.45) is 0 Å². The number of nitrogens with zero attached hydrogens (tertiary/aromatic N) is 1. The summed E-state index contributed by atoms with van der Waals surface area (Å²) in [5.41, 5.74) is 3.15. The van der Waals surface area contributed by atoms with E-state index in [1.807, 2.05) is 20.0 Å². The summed E-state index contributed by atoms with van der Waals surface area (Å²) in [4.78, 5) is 4.25. The third-order valence-electron chi connectivity index (χ3n) is 1.90. The van der Waals surface area contributed by atoms with Crippen molar-refractivity contribution in [1.29, 1.82) is 0 Å². The Labute approximate surface area is 78.4 Å². The third kappa shape index (κ3) is 1.55. The summed E-state index contributed by atoms with van der Waals surface area (Å²) < 4.78 is 5.24. The van der Waals surface area contributed by atoms with Gasteiger partial charge in [0.1, 0.15) is 5.75 Å². The minimum absolute atomic E-state index is 0.655. The van der Waals surface area contributed by atoms with Crippen LogP contribution in [0.4, 0.5) is 0 Å². The number of hydrogen-bond acceptors (Lipinski definition) is 3. The van der Waals surface area contributed by atoms with Gasteiger partial charge < -0.3 is 4.74 Å². The van der Waals surface area contributed by atoms with Crippen molar-refractivity contribution < 1.29 is 4.74 Å². The Morgan fingerprint density at radius 3 is 2.67 bits per heavy atom. The quantitative estimate of drug-likeness (QED) is 0.710. The van der Waals surface area contributed by atoms with Crippen LogP contribution in [0.15, 0.2) is 6.20 Å². The van der Waals surface area contributed by atoms with Gasteiger partial charge in [-0.1, -0.05) is 0 Å². The molecule has 3 heteroatoms. The second kappa shape index (κ2) is 3.81. The van der Waals surface area contributed by atoms with E-state index in [2.05, 4.69) is 17.6 Å². The molecule has 12 heavy (non-hydrogen) atoms. The monoisotopic (exact) mass is 183 g/mol. The molecule has 0 fully saturated rings. The lowest BCUT2D eigenvalue weighted by Gasteiger charge is -2.10. The first kappa shape index (κ1) is 9.39. The standard InChI is InChI=1S/C9H13NOS/c1-6-4-10-8(5-12)7(2)9(6)11-3/h4,12H,5H2,1-3H3. The van der Waals surface area contributed by atoms with Gasteiger partial charge in [0.15, 0.2) is 0 Å². The molecular weight excluding hydrogens is 170 g/mol. The first-order chi connectivity index (χ1) is 5.70. The lowest BCUT2D eigenvalue weighted by atomic mass is 10.1. The Kier molecular flexibility index (Phi) is 2.98. The van der Waals surface area contributed by atoms with E-state index in [1.165, 1.54) is 0 Å². The topological polar surface area (TPSA) is 22.1 Å². The minimum Gasteiger partial charge on any atom is -0.496 e. The van der Waals surface area contributed by atoms with E-state index in [9.17, 15) is 0 Å². The molecule has 1 aromatic rings. The van der Waals surface area contributed by atoms with Crippen molar-refractivity contribution in [2.75, 3.05) is 7.11 Å². The van der Waals surface area contributed by atoms with Crippen LogP contribution in [0.2, 0.25) is 0 Å². The first-order valence-electron chi connectivity index (χ1n) is 3.80. The van der Waals surface area contributed by atoms with Crippen molar-refractivity contribution >= 4 is 12.6 Å². The molecule has 66 valence electrons. The SMILES string of the molecule is COc1c(C)cnc(CS)c1C. The van der Waals surface area contributed by atoms with Gasteiger partial charge in [-0.3, -0.25) is 4.98 Å². The van der Waals surface area contributed by atoms with Crippen LogP contribution in [0.25, 0.3) is 0 Å². The molecule has 0 aromatic carbocycles. The Bertz CT molecular complexity index is 286. The van der Waals surface area contributed by atoms with Gasteiger partial charge in [0.25, 0.3) is 0 Å². The molecule has 2 nitrogen and oxygen atoms in total. The van der Waals surface area contributed by atoms with Crippen molar-refractivity contribution in [3.8, 4) is 5.75 Å². The first-order valence-corrected chi connectivity index (χ1v) is 4.44. The van der Waals surface area contributed by atoms with Crippen LogP contribution in [0.5, 0.6) is 5.75 Å². The average Bonchev–Trinajstić information content (AvgIpc) is 2.06. The van der Waals surface area contributed by atoms with E-state index in [0.29, 0.717) is 5.75 Å². The lowest BCUT2D eigenvalue weighted by Crippen LogP contribution is -1.97. The van der Waals surface area contributed by atoms with E-state index in [-0.39, 0.29) is 0 Å². The highest BCUT2D eigenvalue weighted by atomic mass is 32.1. The van der Waals surface area contributed by atoms with Gasteiger partial charge in [-0.05, 0) is 13.8 Å². The highest BCUT2D eigenvalue weighted by molar-refractivity contribution is 7.79. The Balaban J connectivity index is 3.24. The molecule has 0 unspecified atom stereocenters. The number of pyridine rings is 1. The molecule has 0 aliphatic rings. The normalized spacial score (nSPS) is 10.0. The second-order valence-corrected chi connectivity index (χ2v) is 3.02. The predicted octanol–water partition coefficient (Wildman–Crippen LogP) is 2.14. The zero-order valence-electron chi connectivity index (χ0n) is 7.59. The van der Waals surface area contributed by atoms with Gasteiger partial charge in [-0.2, -0.15) is 12.6 Å². The van der Waals surface area contributed by atoms with Crippen molar-refractivity contribution in [3.05, 3.63) is 23.0 Å². The van der Waals surface area contributed by atoms with Crippen LogP contribution >= 0.6 is 12.6 Å². The molecule has 0 aliphatic carbocycles. The lowest BCUT2D eigenvalue weighted by molar-refractivity contribution is 0.407. The Hall–Kier alpha value is -0.700. The van der Waals surface area contributed by atoms with Gasteiger partial charge in [-0.15, -0.1) is 0 Å². The molecule has 1 rings (SSSR count). The van der Waals surface area contributed by atoms with Gasteiger partial charge in [0, 0.05) is 23.1 Å². The van der Waals surface area contributed by atoms with Gasteiger partial charge in [-0.25, -0.2) is 0 Å². The summed E-state index contributed by atoms with van der Waals surface area (Å²) in [5, 5.41) is 0. The summed E-state index contributed by atoms with van der Waals surface area (Å²) in [6.07, 6.45) is 1.82. The minimum atomic E-state index is 0.655. The van der Waals surface area contributed by atoms with Crippen molar-refractivity contribution in [2.45, 2.75) is 19.6 Å². The zero-order chi connectivity index (χ0) is 9.14. The average molecular weight is 183 g/mol. The molecule has 0 N–H and O–H groups in total. The van der Waals surface area contributed by atoms with Crippen LogP contribution < -0.4 is 4.74 Å². The van der Waals surface area contributed by atoms with Crippen LogP contribution in [0.1, 0.15) is 16.8 Å². The third-order valence-corrected chi connectivity index (χ3v) is 2.20. The molecule has 0 atom stereocenters. The maximum Gasteiger partial charge on any atom is 0.128 e. The summed E-state index contributed by atoms with van der Waals surface area (Å²) in [7, 11) is 1.68. The van der Waals surface area contributed by atoms with Crippen LogP contribution in [0.3, 0.4) is 0 Å². The van der Waals surface area contributed by atoms with Crippen molar-refractivity contribution in [1.82, 2.24) is 4.98 Å². The Morgan fingerprint density at radius 1 is 1.50 bits per heavy atom. The fourth-order valence-electron chi connectivity index (χ4n) is 1.23. The van der Waals surface area contributed by atoms with Crippen LogP contribution in [-0.4, -0.2) is 12.1 Å². The van der Waals surface area contributed by atoms with E-state index >= 15 is 0 Å². The van der Waals surface area contributed by atoms with E-state index in [1.54, 1.807) is 7.11 Å². The van der Waals surface area contributed by atoms with Crippen molar-refractivity contribution in [3.63, 3.8) is 0 Å². The van der Waals surface area contributed by atoms with E-state index < -0.39 is 0 Å². The molecular formula is C9H13NOS. The van der Waals surface area contributed by atoms with Crippen LogP contribution in [-0.2, 0) is 5.75 Å². The number of ether oxygens (including phenoxy) is 1. The predicted molar refractivity (Wildman–Crippen MR) is 53.0 cm³/mol. The highest BCUT2D eigenvalue weighted by Crippen LogP contribution is 2.24. The fourth-order valence-corrected chi connectivity index (χ4v) is 1.55.